The summed E-state index contributed by atoms with van der Waals surface area (Å²) in [5, 5.41) is 8.42. The Kier molecular flexibility index (Phi) is 12.5. The summed E-state index contributed by atoms with van der Waals surface area (Å²) in [4.78, 5) is 47.0. The molecule has 274 valence electrons. The van der Waals surface area contributed by atoms with Crippen LogP contribution in [0, 0.1) is 11.6 Å². The van der Waals surface area contributed by atoms with E-state index in [2.05, 4.69) is 44.8 Å². The van der Waals surface area contributed by atoms with Gasteiger partial charge >= 0.3 is 18.2 Å². The van der Waals surface area contributed by atoms with Crippen molar-refractivity contribution in [2.24, 2.45) is 0 Å². The highest BCUT2D eigenvalue weighted by atomic mass is 19.4. The lowest BCUT2D eigenvalue weighted by atomic mass is 10.2. The molecule has 0 saturated carbocycles. The third kappa shape index (κ3) is 11.5. The monoisotopic (exact) mass is 738 g/mol. The summed E-state index contributed by atoms with van der Waals surface area (Å²) in [5.41, 5.74) is 2.05. The molecule has 0 bridgehead atoms. The van der Waals surface area contributed by atoms with Gasteiger partial charge in [-0.25, -0.2) is 38.1 Å². The number of alkyl halides is 3. The number of hydrogen-bond acceptors (Lipinski definition) is 13. The zero-order chi connectivity index (χ0) is 37.8. The van der Waals surface area contributed by atoms with Crippen LogP contribution in [0.3, 0.4) is 0 Å². The summed E-state index contributed by atoms with van der Waals surface area (Å²) >= 11 is 0. The predicted molar refractivity (Wildman–Crippen MR) is 175 cm³/mol. The zero-order valence-corrected chi connectivity index (χ0v) is 27.5. The van der Waals surface area contributed by atoms with E-state index in [1.165, 1.54) is 59.8 Å². The van der Waals surface area contributed by atoms with Gasteiger partial charge in [-0.1, -0.05) is 0 Å². The van der Waals surface area contributed by atoms with Gasteiger partial charge < -0.3 is 14.2 Å². The molecule has 53 heavy (non-hydrogen) atoms. The first-order valence-corrected chi connectivity index (χ1v) is 15.3. The largest absolute Gasteiger partial charge is 0.461 e. The highest BCUT2D eigenvalue weighted by Crippen LogP contribution is 2.19. The Hall–Kier alpha value is -6.57. The SMILES string of the molecule is COCCOc1ncc(-c2ccc(=O)n(Cc3cncc(F)c3)n2)cn1.O=c1ccc(-c2cnc(OCC(F)(F)F)nc2)nn1Cc1cncc(F)c1. The van der Waals surface area contributed by atoms with Crippen LogP contribution in [0.4, 0.5) is 22.0 Å². The molecule has 0 amide bonds. The Labute approximate surface area is 295 Å². The number of ether oxygens (including phenoxy) is 3. The first-order valence-electron chi connectivity index (χ1n) is 15.3. The van der Waals surface area contributed by atoms with Crippen molar-refractivity contribution in [3.05, 3.63) is 129 Å². The van der Waals surface area contributed by atoms with Crippen molar-refractivity contribution in [3.8, 4) is 34.5 Å². The summed E-state index contributed by atoms with van der Waals surface area (Å²) in [7, 11) is 1.58. The van der Waals surface area contributed by atoms with Crippen LogP contribution in [0.15, 0.2) is 95.6 Å². The van der Waals surface area contributed by atoms with Gasteiger partial charge in [0.2, 0.25) is 0 Å². The third-order valence-electron chi connectivity index (χ3n) is 6.65. The lowest BCUT2D eigenvalue weighted by molar-refractivity contribution is -0.154. The molecule has 0 aliphatic rings. The molecule has 20 heteroatoms. The maximum Gasteiger partial charge on any atom is 0.422 e. The van der Waals surface area contributed by atoms with Gasteiger partial charge in [-0.3, -0.25) is 19.6 Å². The van der Waals surface area contributed by atoms with Gasteiger partial charge in [0.25, 0.3) is 11.1 Å². The number of rotatable bonds is 12. The van der Waals surface area contributed by atoms with Crippen molar-refractivity contribution in [1.82, 2.24) is 49.5 Å². The van der Waals surface area contributed by atoms with Crippen molar-refractivity contribution < 1.29 is 36.2 Å². The van der Waals surface area contributed by atoms with Crippen LogP contribution in [0.5, 0.6) is 12.0 Å². The number of halogens is 5. The van der Waals surface area contributed by atoms with Gasteiger partial charge in [-0.2, -0.15) is 23.4 Å². The fourth-order valence-corrected chi connectivity index (χ4v) is 4.27. The maximum absolute atomic E-state index is 13.3. The number of pyridine rings is 2. The number of aromatic nitrogens is 10. The van der Waals surface area contributed by atoms with Crippen molar-refractivity contribution in [3.63, 3.8) is 0 Å². The summed E-state index contributed by atoms with van der Waals surface area (Å²) in [6.45, 7) is -0.619. The van der Waals surface area contributed by atoms with Crippen molar-refractivity contribution >= 4 is 0 Å². The average Bonchev–Trinajstić information content (AvgIpc) is 3.13. The lowest BCUT2D eigenvalue weighted by Crippen LogP contribution is -2.23. The van der Waals surface area contributed by atoms with E-state index >= 15 is 0 Å². The second-order valence-corrected chi connectivity index (χ2v) is 10.7. The molecule has 0 unspecified atom stereocenters. The maximum atomic E-state index is 13.3. The molecule has 0 aromatic carbocycles. The molecule has 0 fully saturated rings. The second-order valence-electron chi connectivity index (χ2n) is 10.7. The molecule has 0 atom stereocenters. The highest BCUT2D eigenvalue weighted by molar-refractivity contribution is 5.56. The molecule has 15 nitrogen and oxygen atoms in total. The quantitative estimate of drug-likeness (QED) is 0.132. The molecule has 6 rings (SSSR count). The summed E-state index contributed by atoms with van der Waals surface area (Å²) < 4.78 is 79.8. The van der Waals surface area contributed by atoms with Gasteiger partial charge in [0, 0.05) is 67.6 Å². The minimum absolute atomic E-state index is 0.00886. The molecule has 0 aliphatic heterocycles. The van der Waals surface area contributed by atoms with Crippen molar-refractivity contribution in [2.45, 2.75) is 19.3 Å². The summed E-state index contributed by atoms with van der Waals surface area (Å²) in [6, 6.07) is 7.96. The van der Waals surface area contributed by atoms with E-state index in [9.17, 15) is 31.5 Å². The van der Waals surface area contributed by atoms with Gasteiger partial charge in [0.05, 0.1) is 43.5 Å². The minimum atomic E-state index is -4.50. The van der Waals surface area contributed by atoms with E-state index in [4.69, 9.17) is 9.47 Å². The summed E-state index contributed by atoms with van der Waals surface area (Å²) in [6.07, 6.45) is 6.08. The topological polar surface area (TPSA) is 175 Å². The molecule has 6 heterocycles. The van der Waals surface area contributed by atoms with Crippen LogP contribution in [0.25, 0.3) is 22.5 Å². The van der Waals surface area contributed by atoms with E-state index in [-0.39, 0.29) is 24.7 Å². The van der Waals surface area contributed by atoms with Crippen molar-refractivity contribution in [2.75, 3.05) is 26.9 Å². The van der Waals surface area contributed by atoms with E-state index in [0.717, 1.165) is 17.1 Å². The Morgan fingerprint density at radius 1 is 0.623 bits per heavy atom. The van der Waals surface area contributed by atoms with E-state index in [1.807, 2.05) is 0 Å². The minimum Gasteiger partial charge on any atom is -0.461 e. The average molecular weight is 739 g/mol. The van der Waals surface area contributed by atoms with Crippen LogP contribution in [0.1, 0.15) is 11.1 Å². The Morgan fingerprint density at radius 3 is 1.49 bits per heavy atom. The number of nitrogens with zero attached hydrogens (tertiary/aromatic N) is 10. The smallest absolute Gasteiger partial charge is 0.422 e. The molecular weight excluding hydrogens is 711 g/mol. The normalized spacial score (nSPS) is 11.1. The first kappa shape index (κ1) is 37.7. The van der Waals surface area contributed by atoms with Gasteiger partial charge in [0.15, 0.2) is 6.61 Å². The molecule has 0 radical (unpaired) electrons. The molecular formula is C33H27F5N10O5. The van der Waals surface area contributed by atoms with Crippen LogP contribution in [0.2, 0.25) is 0 Å². The Balaban J connectivity index is 0.000000204. The fourth-order valence-electron chi connectivity index (χ4n) is 4.27. The second kappa shape index (κ2) is 17.6. The van der Waals surface area contributed by atoms with Crippen molar-refractivity contribution in [1.29, 1.82) is 0 Å². The molecule has 0 spiro atoms. The van der Waals surface area contributed by atoms with Gasteiger partial charge in [-0.15, -0.1) is 0 Å². The lowest BCUT2D eigenvalue weighted by Gasteiger charge is -2.09. The molecule has 6 aromatic rings. The highest BCUT2D eigenvalue weighted by Gasteiger charge is 2.29. The molecule has 6 aromatic heterocycles. The molecule has 0 N–H and O–H groups in total. The van der Waals surface area contributed by atoms with Crippen LogP contribution < -0.4 is 20.6 Å². The van der Waals surface area contributed by atoms with E-state index < -0.39 is 36.0 Å². The fraction of sp³-hybridized carbons (Fsp3) is 0.212. The molecule has 0 aliphatic carbocycles. The molecule has 0 saturated heterocycles. The predicted octanol–water partition coefficient (Wildman–Crippen LogP) is 3.53. The standard InChI is InChI=1S/C17H16FN5O3.C16H11F4N5O2/c1-25-4-5-26-17-20-8-13(9-21-17)15-2-3-16(24)23(22-15)11-12-6-14(18)10-19-7-12;17-12-3-10(4-21-7-12)8-25-14(26)2-1-13(24-25)11-5-22-15(23-6-11)27-9-16(18,19)20/h2-3,6-10H,4-5,11H2,1H3;1-7H,8-9H2. The van der Waals surface area contributed by atoms with E-state index in [1.54, 1.807) is 25.6 Å². The number of methoxy groups -OCH3 is 1. The van der Waals surface area contributed by atoms with Crippen LogP contribution >= 0.6 is 0 Å². The Morgan fingerprint density at radius 2 is 1.08 bits per heavy atom. The zero-order valence-electron chi connectivity index (χ0n) is 27.5. The van der Waals surface area contributed by atoms with Gasteiger partial charge in [0.1, 0.15) is 18.2 Å². The van der Waals surface area contributed by atoms with E-state index in [0.29, 0.717) is 46.9 Å². The number of hydrogen-bond donors (Lipinski definition) is 0. The van der Waals surface area contributed by atoms with Gasteiger partial charge in [-0.05, 0) is 35.4 Å². The third-order valence-corrected chi connectivity index (χ3v) is 6.65. The first-order chi connectivity index (χ1) is 25.5. The Bertz CT molecular complexity index is 2240. The van der Waals surface area contributed by atoms with Crippen LogP contribution in [-0.2, 0) is 17.8 Å². The summed E-state index contributed by atoms with van der Waals surface area (Å²) in [5.74, 6) is -1.01. The van der Waals surface area contributed by atoms with Crippen LogP contribution in [-0.4, -0.2) is 82.6 Å².